The van der Waals surface area contributed by atoms with Crippen molar-refractivity contribution in [3.8, 4) is 11.5 Å². The molecule has 0 saturated heterocycles. The summed E-state index contributed by atoms with van der Waals surface area (Å²) in [5.41, 5.74) is 2.33. The lowest BCUT2D eigenvalue weighted by molar-refractivity contribution is -0.116. The van der Waals surface area contributed by atoms with Gasteiger partial charge in [-0.1, -0.05) is 0 Å². The first-order valence-corrected chi connectivity index (χ1v) is 6.58. The first-order valence-electron chi connectivity index (χ1n) is 6.58. The molecule has 3 N–H and O–H groups in total. The van der Waals surface area contributed by atoms with Crippen LogP contribution < -0.4 is 11.1 Å². The Bertz CT molecular complexity index is 946. The van der Waals surface area contributed by atoms with Crippen molar-refractivity contribution in [2.24, 2.45) is 0 Å². The lowest BCUT2D eigenvalue weighted by atomic mass is 10.0. The summed E-state index contributed by atoms with van der Waals surface area (Å²) in [7, 11) is 0. The summed E-state index contributed by atoms with van der Waals surface area (Å²) in [5.74, 6) is -0.935. The van der Waals surface area contributed by atoms with Gasteiger partial charge in [0.15, 0.2) is 0 Å². The number of nitrogens with zero attached hydrogens (tertiary/aromatic N) is 3. The van der Waals surface area contributed by atoms with Crippen LogP contribution in [0, 0.1) is 6.92 Å². The molecule has 0 radical (unpaired) electrons. The fourth-order valence-corrected chi connectivity index (χ4v) is 2.32. The van der Waals surface area contributed by atoms with Crippen molar-refractivity contribution in [2.75, 3.05) is 5.43 Å². The fourth-order valence-electron chi connectivity index (χ4n) is 2.32. The van der Waals surface area contributed by atoms with Crippen LogP contribution in [-0.4, -0.2) is 31.0 Å². The molecule has 0 atom stereocenters. The van der Waals surface area contributed by atoms with Crippen LogP contribution in [0.4, 0.5) is 0 Å². The van der Waals surface area contributed by atoms with Gasteiger partial charge < -0.3 is 14.6 Å². The van der Waals surface area contributed by atoms with Crippen molar-refractivity contribution < 1.29 is 19.4 Å². The number of fused-ring (bicyclic) bond motifs is 1. The van der Waals surface area contributed by atoms with Gasteiger partial charge in [0.05, 0.1) is 17.4 Å². The number of carbonyl (C=O) groups excluding carboxylic acids is 1. The summed E-state index contributed by atoms with van der Waals surface area (Å²) in [6.07, 6.45) is 2.34. The van der Waals surface area contributed by atoms with Gasteiger partial charge in [0.2, 0.25) is 5.91 Å². The van der Waals surface area contributed by atoms with Gasteiger partial charge in [0.1, 0.15) is 29.7 Å². The number of hydrogen-bond acceptors (Lipinski definition) is 7. The maximum Gasteiger partial charge on any atom is 0.340 e. The highest BCUT2D eigenvalue weighted by atomic mass is 16.4. The molecule has 1 amide bonds. The number of aryl methyl sites for hydroxylation is 1. The Kier molecular flexibility index (Phi) is 3.45. The maximum absolute atomic E-state index is 12.1. The smallest absolute Gasteiger partial charge is 0.340 e. The van der Waals surface area contributed by atoms with Crippen LogP contribution in [0.15, 0.2) is 34.0 Å². The molecule has 0 aliphatic rings. The quantitative estimate of drug-likeness (QED) is 0.597. The highest BCUT2D eigenvalue weighted by Gasteiger charge is 2.18. The normalized spacial score (nSPS) is 10.8. The number of rotatable bonds is 3. The van der Waals surface area contributed by atoms with E-state index in [-0.39, 0.29) is 34.5 Å². The number of aromatic hydroxyl groups is 2. The molecule has 0 fully saturated rings. The second kappa shape index (κ2) is 5.44. The van der Waals surface area contributed by atoms with Crippen LogP contribution in [0.3, 0.4) is 0 Å². The van der Waals surface area contributed by atoms with Crippen molar-refractivity contribution in [3.05, 3.63) is 46.3 Å². The van der Waals surface area contributed by atoms with Crippen LogP contribution >= 0.6 is 0 Å². The van der Waals surface area contributed by atoms with Crippen LogP contribution in [0.25, 0.3) is 11.0 Å². The molecule has 0 unspecified atom stereocenters. The monoisotopic (exact) mass is 316 g/mol. The van der Waals surface area contributed by atoms with E-state index in [4.69, 9.17) is 4.42 Å². The van der Waals surface area contributed by atoms with Crippen molar-refractivity contribution in [2.45, 2.75) is 13.3 Å². The maximum atomic E-state index is 12.1. The third kappa shape index (κ3) is 2.71. The molecule has 0 bridgehead atoms. The molecule has 0 spiro atoms. The van der Waals surface area contributed by atoms with Gasteiger partial charge in [-0.25, -0.2) is 9.47 Å². The Balaban J connectivity index is 2.01. The minimum absolute atomic E-state index is 0.0490. The van der Waals surface area contributed by atoms with E-state index in [1.807, 2.05) is 0 Å². The number of aromatic nitrogens is 3. The summed E-state index contributed by atoms with van der Waals surface area (Å²) in [6, 6.07) is 2.36. The topological polar surface area (TPSA) is 130 Å². The Hall–Kier alpha value is -3.36. The zero-order valence-corrected chi connectivity index (χ0v) is 12.0. The lowest BCUT2D eigenvalue weighted by Gasteiger charge is -2.10. The Morgan fingerprint density at radius 2 is 2.00 bits per heavy atom. The molecule has 0 aliphatic carbocycles. The first kappa shape index (κ1) is 14.6. The minimum Gasteiger partial charge on any atom is -0.508 e. The average Bonchev–Trinajstić information content (AvgIpc) is 2.95. The van der Waals surface area contributed by atoms with Gasteiger partial charge >= 0.3 is 5.63 Å². The van der Waals surface area contributed by atoms with Crippen molar-refractivity contribution in [1.29, 1.82) is 0 Å². The van der Waals surface area contributed by atoms with Gasteiger partial charge in [-0.3, -0.25) is 10.2 Å². The minimum atomic E-state index is -0.709. The fraction of sp³-hybridized carbons (Fsp3) is 0.143. The van der Waals surface area contributed by atoms with Gasteiger partial charge in [-0.05, 0) is 12.5 Å². The molecule has 2 heterocycles. The van der Waals surface area contributed by atoms with E-state index in [1.165, 1.54) is 23.4 Å². The predicted octanol–water partition coefficient (Wildman–Crippen LogP) is 0.417. The lowest BCUT2D eigenvalue weighted by Crippen LogP contribution is -2.26. The van der Waals surface area contributed by atoms with E-state index in [9.17, 15) is 19.8 Å². The molecule has 9 heteroatoms. The molecule has 3 rings (SSSR count). The molecule has 1 aromatic carbocycles. The zero-order valence-electron chi connectivity index (χ0n) is 12.0. The summed E-state index contributed by atoms with van der Waals surface area (Å²) >= 11 is 0. The van der Waals surface area contributed by atoms with E-state index < -0.39 is 11.5 Å². The summed E-state index contributed by atoms with van der Waals surface area (Å²) < 4.78 is 6.33. The van der Waals surface area contributed by atoms with Crippen molar-refractivity contribution in [3.63, 3.8) is 0 Å². The number of amides is 1. The van der Waals surface area contributed by atoms with Gasteiger partial charge in [-0.2, -0.15) is 0 Å². The Morgan fingerprint density at radius 3 is 2.70 bits per heavy atom. The SMILES string of the molecule is Cc1c(CC(=O)Nn2cnnc2)c(=O)oc2cc(O)cc(O)c12. The highest BCUT2D eigenvalue weighted by molar-refractivity contribution is 5.91. The summed E-state index contributed by atoms with van der Waals surface area (Å²) in [5, 5.41) is 26.7. The van der Waals surface area contributed by atoms with Gasteiger partial charge in [-0.15, -0.1) is 10.2 Å². The number of phenols is 2. The number of nitrogens with one attached hydrogen (secondary N) is 1. The van der Waals surface area contributed by atoms with E-state index in [1.54, 1.807) is 6.92 Å². The highest BCUT2D eigenvalue weighted by Crippen LogP contribution is 2.32. The molecule has 2 aromatic heterocycles. The average molecular weight is 316 g/mol. The number of carbonyl (C=O) groups is 1. The van der Waals surface area contributed by atoms with Crippen LogP contribution in [0.1, 0.15) is 11.1 Å². The third-order valence-corrected chi connectivity index (χ3v) is 3.35. The second-order valence-corrected chi connectivity index (χ2v) is 4.91. The molecule has 3 aromatic rings. The largest absolute Gasteiger partial charge is 0.508 e. The number of phenolic OH excluding ortho intramolecular Hbond substituents is 2. The molecular formula is C14H12N4O5. The van der Waals surface area contributed by atoms with Crippen LogP contribution in [-0.2, 0) is 11.2 Å². The Labute approximate surface area is 128 Å². The predicted molar refractivity (Wildman–Crippen MR) is 78.6 cm³/mol. The molecule has 0 saturated carbocycles. The summed E-state index contributed by atoms with van der Waals surface area (Å²) in [4.78, 5) is 24.1. The standard InChI is InChI=1S/C14H12N4O5/c1-7-9(4-12(21)17-18-5-15-16-6-18)14(22)23-11-3-8(19)2-10(20)13(7)11/h2-3,5-6,19-20H,4H2,1H3,(H,17,21). The molecule has 9 nitrogen and oxygen atoms in total. The number of hydrogen-bond donors (Lipinski definition) is 3. The zero-order chi connectivity index (χ0) is 16.6. The van der Waals surface area contributed by atoms with E-state index in [0.717, 1.165) is 6.07 Å². The first-order chi connectivity index (χ1) is 11.0. The molecule has 23 heavy (non-hydrogen) atoms. The van der Waals surface area contributed by atoms with Crippen molar-refractivity contribution >= 4 is 16.9 Å². The Morgan fingerprint density at radius 1 is 1.30 bits per heavy atom. The summed E-state index contributed by atoms with van der Waals surface area (Å²) in [6.45, 7) is 1.59. The van der Waals surface area contributed by atoms with Crippen LogP contribution in [0.5, 0.6) is 11.5 Å². The van der Waals surface area contributed by atoms with E-state index >= 15 is 0 Å². The van der Waals surface area contributed by atoms with E-state index in [0.29, 0.717) is 5.56 Å². The van der Waals surface area contributed by atoms with Gasteiger partial charge in [0, 0.05) is 12.1 Å². The molecular weight excluding hydrogens is 304 g/mol. The van der Waals surface area contributed by atoms with Crippen molar-refractivity contribution in [1.82, 2.24) is 14.9 Å². The number of benzene rings is 1. The molecule has 0 aliphatic heterocycles. The van der Waals surface area contributed by atoms with Crippen LogP contribution in [0.2, 0.25) is 0 Å². The van der Waals surface area contributed by atoms with E-state index in [2.05, 4.69) is 15.6 Å². The second-order valence-electron chi connectivity index (χ2n) is 4.91. The molecule has 118 valence electrons. The van der Waals surface area contributed by atoms with Gasteiger partial charge in [0.25, 0.3) is 0 Å². The third-order valence-electron chi connectivity index (χ3n) is 3.35.